The standard InChI is InChI=1S/C12H7F3O3S/c13-12(14,15)18-9-4-2-1-3-7(9)8-5-6-19-10(8)11(16)17/h1-6H,(H,16,17). The number of benzene rings is 1. The molecule has 1 aromatic heterocycles. The minimum absolute atomic E-state index is 0.0294. The lowest BCUT2D eigenvalue weighted by Crippen LogP contribution is -2.17. The van der Waals surface area contributed by atoms with Crippen LogP contribution in [0.25, 0.3) is 11.1 Å². The van der Waals surface area contributed by atoms with Crippen molar-refractivity contribution >= 4 is 17.3 Å². The Hall–Kier alpha value is -2.02. The summed E-state index contributed by atoms with van der Waals surface area (Å²) >= 11 is 0.943. The van der Waals surface area contributed by atoms with E-state index in [1.165, 1.54) is 29.6 Å². The molecule has 0 radical (unpaired) electrons. The number of thiophene rings is 1. The maximum atomic E-state index is 12.3. The fourth-order valence-electron chi connectivity index (χ4n) is 1.59. The number of alkyl halides is 3. The van der Waals surface area contributed by atoms with Gasteiger partial charge < -0.3 is 9.84 Å². The van der Waals surface area contributed by atoms with Gasteiger partial charge in [-0.3, -0.25) is 0 Å². The lowest BCUT2D eigenvalue weighted by atomic mass is 10.1. The van der Waals surface area contributed by atoms with Crippen molar-refractivity contribution in [1.82, 2.24) is 0 Å². The number of rotatable bonds is 3. The molecule has 100 valence electrons. The number of para-hydroxylation sites is 1. The first-order chi connectivity index (χ1) is 8.88. The van der Waals surface area contributed by atoms with Crippen molar-refractivity contribution in [3.05, 3.63) is 40.6 Å². The highest BCUT2D eigenvalue weighted by Gasteiger charge is 2.32. The minimum Gasteiger partial charge on any atom is -0.477 e. The number of carboxylic acid groups (broad SMARTS) is 1. The van der Waals surface area contributed by atoms with Gasteiger partial charge in [-0.2, -0.15) is 0 Å². The molecule has 0 saturated heterocycles. The predicted octanol–water partition coefficient (Wildman–Crippen LogP) is 4.01. The van der Waals surface area contributed by atoms with Gasteiger partial charge in [0.2, 0.25) is 0 Å². The molecular formula is C12H7F3O3S. The van der Waals surface area contributed by atoms with Gasteiger partial charge in [0, 0.05) is 11.1 Å². The van der Waals surface area contributed by atoms with E-state index in [9.17, 15) is 18.0 Å². The number of hydrogen-bond donors (Lipinski definition) is 1. The average molecular weight is 288 g/mol. The second kappa shape index (κ2) is 4.93. The van der Waals surface area contributed by atoms with Crippen LogP contribution >= 0.6 is 11.3 Å². The van der Waals surface area contributed by atoms with Crippen LogP contribution in [0.15, 0.2) is 35.7 Å². The molecule has 1 N–H and O–H groups in total. The summed E-state index contributed by atoms with van der Waals surface area (Å²) in [6.45, 7) is 0. The second-order valence-corrected chi connectivity index (χ2v) is 4.43. The average Bonchev–Trinajstić information content (AvgIpc) is 2.76. The van der Waals surface area contributed by atoms with Crippen LogP contribution < -0.4 is 4.74 Å². The van der Waals surface area contributed by atoms with E-state index in [1.807, 2.05) is 0 Å². The molecule has 0 spiro atoms. The zero-order valence-corrected chi connectivity index (χ0v) is 10.1. The fourth-order valence-corrected chi connectivity index (χ4v) is 2.34. The number of carboxylic acids is 1. The van der Waals surface area contributed by atoms with E-state index in [0.717, 1.165) is 17.4 Å². The third-order valence-electron chi connectivity index (χ3n) is 2.26. The summed E-state index contributed by atoms with van der Waals surface area (Å²) < 4.78 is 40.8. The highest BCUT2D eigenvalue weighted by molar-refractivity contribution is 7.12. The molecule has 19 heavy (non-hydrogen) atoms. The van der Waals surface area contributed by atoms with Crippen LogP contribution in [0.3, 0.4) is 0 Å². The summed E-state index contributed by atoms with van der Waals surface area (Å²) in [5.41, 5.74) is 0.302. The van der Waals surface area contributed by atoms with Gasteiger partial charge in [-0.25, -0.2) is 4.79 Å². The molecule has 0 unspecified atom stereocenters. The number of ether oxygens (including phenoxy) is 1. The number of halogens is 3. The molecule has 0 aliphatic carbocycles. The Morgan fingerprint density at radius 3 is 2.47 bits per heavy atom. The monoisotopic (exact) mass is 288 g/mol. The van der Waals surface area contributed by atoms with Crippen LogP contribution in [0.4, 0.5) is 13.2 Å². The summed E-state index contributed by atoms with van der Waals surface area (Å²) in [6.07, 6.45) is -4.82. The van der Waals surface area contributed by atoms with Crippen molar-refractivity contribution in [3.8, 4) is 16.9 Å². The molecular weight excluding hydrogens is 281 g/mol. The summed E-state index contributed by atoms with van der Waals surface area (Å²) in [4.78, 5) is 11.0. The van der Waals surface area contributed by atoms with Crippen LogP contribution in [0.1, 0.15) is 9.67 Å². The minimum atomic E-state index is -4.82. The Kier molecular flexibility index (Phi) is 3.48. The number of carbonyl (C=O) groups is 1. The Morgan fingerprint density at radius 1 is 1.16 bits per heavy atom. The molecule has 0 bridgehead atoms. The number of aromatic carboxylic acids is 1. The Labute approximate surface area is 109 Å². The fraction of sp³-hybridized carbons (Fsp3) is 0.0833. The van der Waals surface area contributed by atoms with Crippen molar-refractivity contribution in [2.75, 3.05) is 0 Å². The van der Waals surface area contributed by atoms with Crippen LogP contribution in [0, 0.1) is 0 Å². The molecule has 2 aromatic rings. The van der Waals surface area contributed by atoms with Crippen molar-refractivity contribution in [1.29, 1.82) is 0 Å². The van der Waals surface area contributed by atoms with Crippen LogP contribution in [0.2, 0.25) is 0 Å². The topological polar surface area (TPSA) is 46.5 Å². The van der Waals surface area contributed by atoms with E-state index in [1.54, 1.807) is 0 Å². The zero-order chi connectivity index (χ0) is 14.0. The summed E-state index contributed by atoms with van der Waals surface area (Å²) in [6, 6.07) is 6.88. The number of hydrogen-bond acceptors (Lipinski definition) is 3. The smallest absolute Gasteiger partial charge is 0.477 e. The van der Waals surface area contributed by atoms with E-state index in [2.05, 4.69) is 4.74 Å². The van der Waals surface area contributed by atoms with Crippen LogP contribution in [-0.4, -0.2) is 17.4 Å². The second-order valence-electron chi connectivity index (χ2n) is 3.51. The molecule has 3 nitrogen and oxygen atoms in total. The van der Waals surface area contributed by atoms with Gasteiger partial charge in [-0.15, -0.1) is 24.5 Å². The van der Waals surface area contributed by atoms with Crippen molar-refractivity contribution < 1.29 is 27.8 Å². The van der Waals surface area contributed by atoms with E-state index in [-0.39, 0.29) is 16.0 Å². The maximum Gasteiger partial charge on any atom is 0.573 e. The van der Waals surface area contributed by atoms with E-state index in [4.69, 9.17) is 5.11 Å². The first kappa shape index (κ1) is 13.4. The molecule has 1 heterocycles. The third-order valence-corrected chi connectivity index (χ3v) is 3.16. The molecule has 0 atom stereocenters. The molecule has 0 aliphatic heterocycles. The van der Waals surface area contributed by atoms with Crippen LogP contribution in [0.5, 0.6) is 5.75 Å². The highest BCUT2D eigenvalue weighted by Crippen LogP contribution is 2.37. The SMILES string of the molecule is O=C(O)c1sccc1-c1ccccc1OC(F)(F)F. The lowest BCUT2D eigenvalue weighted by Gasteiger charge is -2.12. The Bertz CT molecular complexity index is 604. The van der Waals surface area contributed by atoms with E-state index in [0.29, 0.717) is 0 Å². The van der Waals surface area contributed by atoms with Gasteiger partial charge in [-0.1, -0.05) is 18.2 Å². The van der Waals surface area contributed by atoms with Gasteiger partial charge in [0.05, 0.1) is 0 Å². The van der Waals surface area contributed by atoms with Gasteiger partial charge in [-0.05, 0) is 17.5 Å². The molecule has 7 heteroatoms. The molecule has 0 aliphatic rings. The molecule has 2 rings (SSSR count). The summed E-state index contributed by atoms with van der Waals surface area (Å²) in [7, 11) is 0. The molecule has 0 saturated carbocycles. The summed E-state index contributed by atoms with van der Waals surface area (Å²) in [5.74, 6) is -1.61. The molecule has 0 amide bonds. The Morgan fingerprint density at radius 2 is 1.84 bits per heavy atom. The largest absolute Gasteiger partial charge is 0.573 e. The van der Waals surface area contributed by atoms with E-state index < -0.39 is 18.1 Å². The van der Waals surface area contributed by atoms with Gasteiger partial charge >= 0.3 is 12.3 Å². The molecule has 0 fully saturated rings. The van der Waals surface area contributed by atoms with E-state index >= 15 is 0 Å². The Balaban J connectivity index is 2.50. The van der Waals surface area contributed by atoms with Crippen molar-refractivity contribution in [2.24, 2.45) is 0 Å². The lowest BCUT2D eigenvalue weighted by molar-refractivity contribution is -0.274. The first-order valence-electron chi connectivity index (χ1n) is 5.04. The predicted molar refractivity (Wildman–Crippen MR) is 63.4 cm³/mol. The first-order valence-corrected chi connectivity index (χ1v) is 5.92. The molecule has 1 aromatic carbocycles. The van der Waals surface area contributed by atoms with Gasteiger partial charge in [0.15, 0.2) is 0 Å². The zero-order valence-electron chi connectivity index (χ0n) is 9.27. The van der Waals surface area contributed by atoms with Gasteiger partial charge in [0.25, 0.3) is 0 Å². The quantitative estimate of drug-likeness (QED) is 0.928. The maximum absolute atomic E-state index is 12.3. The third kappa shape index (κ3) is 3.05. The van der Waals surface area contributed by atoms with Crippen LogP contribution in [-0.2, 0) is 0 Å². The summed E-state index contributed by atoms with van der Waals surface area (Å²) in [5, 5.41) is 10.5. The highest BCUT2D eigenvalue weighted by atomic mass is 32.1. The normalized spacial score (nSPS) is 11.3. The van der Waals surface area contributed by atoms with Gasteiger partial charge in [0.1, 0.15) is 10.6 Å². The van der Waals surface area contributed by atoms with Crippen molar-refractivity contribution in [3.63, 3.8) is 0 Å². The van der Waals surface area contributed by atoms with Crippen molar-refractivity contribution in [2.45, 2.75) is 6.36 Å².